The van der Waals surface area contributed by atoms with Gasteiger partial charge < -0.3 is 19.5 Å². The van der Waals surface area contributed by atoms with E-state index in [0.717, 1.165) is 0 Å². The Balaban J connectivity index is 2.12. The largest absolute Gasteiger partial charge is 0.454 e. The van der Waals surface area contributed by atoms with Gasteiger partial charge in [-0.1, -0.05) is 0 Å². The average Bonchev–Trinajstić information content (AvgIpc) is 2.92. The van der Waals surface area contributed by atoms with E-state index in [4.69, 9.17) is 14.6 Å². The van der Waals surface area contributed by atoms with Gasteiger partial charge in [-0.3, -0.25) is 9.59 Å². The smallest absolute Gasteiger partial charge is 0.231 e. The number of benzene rings is 1. The molecule has 6 heteroatoms. The van der Waals surface area contributed by atoms with Gasteiger partial charge in [0.2, 0.25) is 12.7 Å². The van der Waals surface area contributed by atoms with Crippen LogP contribution in [0.2, 0.25) is 0 Å². The van der Waals surface area contributed by atoms with E-state index < -0.39 is 6.04 Å². The van der Waals surface area contributed by atoms with Crippen LogP contribution in [0.5, 0.6) is 11.5 Å². The van der Waals surface area contributed by atoms with Crippen molar-refractivity contribution in [3.8, 4) is 11.5 Å². The van der Waals surface area contributed by atoms with Crippen LogP contribution < -0.4 is 9.47 Å². The number of aliphatic hydroxyl groups is 1. The fraction of sp³-hybridized carbons (Fsp3) is 0.429. The molecule has 1 aromatic rings. The Hall–Kier alpha value is -2.08. The number of carbonyl (C=O) groups excluding carboxylic acids is 2. The van der Waals surface area contributed by atoms with Crippen LogP contribution in [0.25, 0.3) is 0 Å². The summed E-state index contributed by atoms with van der Waals surface area (Å²) in [5, 5.41) is 8.77. The number of Topliss-reactive ketones (excluding diaryl/α,β-unsaturated/α-hetero) is 1. The third-order valence-electron chi connectivity index (χ3n) is 3.34. The highest BCUT2D eigenvalue weighted by atomic mass is 16.7. The topological polar surface area (TPSA) is 76.1 Å². The Morgan fingerprint density at radius 1 is 1.35 bits per heavy atom. The second-order valence-electron chi connectivity index (χ2n) is 4.59. The van der Waals surface area contributed by atoms with E-state index in [1.807, 2.05) is 0 Å². The number of aliphatic hydroxyl groups excluding tert-OH is 1. The molecular weight excluding hydrogens is 262 g/mol. The summed E-state index contributed by atoms with van der Waals surface area (Å²) in [6, 6.07) is 4.34. The number of fused-ring (bicyclic) bond motifs is 1. The van der Waals surface area contributed by atoms with Gasteiger partial charge in [-0.15, -0.1) is 0 Å². The quantitative estimate of drug-likeness (QED) is 0.808. The standard InChI is InChI=1S/C14H17NO5/c1-9(15(2)13(17)5-6-16)14(18)10-3-4-11-12(7-10)20-8-19-11/h3-4,7,9,16H,5-6,8H2,1-2H3. The van der Waals surface area contributed by atoms with E-state index in [1.165, 1.54) is 4.90 Å². The Labute approximate surface area is 116 Å². The molecule has 1 aliphatic rings. The number of carbonyl (C=O) groups is 2. The molecule has 20 heavy (non-hydrogen) atoms. The van der Waals surface area contributed by atoms with Crippen LogP contribution in [0.4, 0.5) is 0 Å². The van der Waals surface area contributed by atoms with Crippen LogP contribution in [0.15, 0.2) is 18.2 Å². The van der Waals surface area contributed by atoms with Gasteiger partial charge in [-0.2, -0.15) is 0 Å². The summed E-state index contributed by atoms with van der Waals surface area (Å²) in [6.07, 6.45) is 0.00919. The van der Waals surface area contributed by atoms with Crippen LogP contribution in [0, 0.1) is 0 Å². The molecule has 1 amide bonds. The van der Waals surface area contributed by atoms with Gasteiger partial charge in [-0.25, -0.2) is 0 Å². The third-order valence-corrected chi connectivity index (χ3v) is 3.34. The Kier molecular flexibility index (Phi) is 4.24. The molecule has 108 valence electrons. The van der Waals surface area contributed by atoms with E-state index in [9.17, 15) is 9.59 Å². The zero-order valence-electron chi connectivity index (χ0n) is 11.5. The molecule has 0 aliphatic carbocycles. The van der Waals surface area contributed by atoms with Crippen LogP contribution in [0.3, 0.4) is 0 Å². The number of hydrogen-bond donors (Lipinski definition) is 1. The molecule has 0 fully saturated rings. The molecule has 1 atom stereocenters. The second-order valence-corrected chi connectivity index (χ2v) is 4.59. The van der Waals surface area contributed by atoms with Gasteiger partial charge in [0.1, 0.15) is 0 Å². The van der Waals surface area contributed by atoms with Crippen LogP contribution in [-0.4, -0.2) is 48.2 Å². The zero-order valence-corrected chi connectivity index (χ0v) is 11.5. The summed E-state index contributed by atoms with van der Waals surface area (Å²) < 4.78 is 10.4. The van der Waals surface area contributed by atoms with Crippen molar-refractivity contribution >= 4 is 11.7 Å². The van der Waals surface area contributed by atoms with Crippen molar-refractivity contribution in [2.75, 3.05) is 20.4 Å². The number of hydrogen-bond acceptors (Lipinski definition) is 5. The van der Waals surface area contributed by atoms with Gasteiger partial charge in [0.15, 0.2) is 17.3 Å². The minimum atomic E-state index is -0.602. The summed E-state index contributed by atoms with van der Waals surface area (Å²) in [4.78, 5) is 25.4. The lowest BCUT2D eigenvalue weighted by Crippen LogP contribution is -2.40. The number of likely N-dealkylation sites (N-methyl/N-ethyl adjacent to an activating group) is 1. The molecular formula is C14H17NO5. The predicted octanol–water partition coefficient (Wildman–Crippen LogP) is 0.827. The first-order valence-corrected chi connectivity index (χ1v) is 6.35. The molecule has 0 bridgehead atoms. The van der Waals surface area contributed by atoms with Crippen molar-refractivity contribution in [1.82, 2.24) is 4.90 Å². The monoisotopic (exact) mass is 279 g/mol. The molecule has 1 aliphatic heterocycles. The van der Waals surface area contributed by atoms with Crippen molar-refractivity contribution in [2.45, 2.75) is 19.4 Å². The second kappa shape index (κ2) is 5.92. The lowest BCUT2D eigenvalue weighted by molar-refractivity contribution is -0.131. The lowest BCUT2D eigenvalue weighted by atomic mass is 10.0. The number of ether oxygens (including phenoxy) is 2. The molecule has 6 nitrogen and oxygen atoms in total. The van der Waals surface area contributed by atoms with Crippen molar-refractivity contribution < 1.29 is 24.2 Å². The highest BCUT2D eigenvalue weighted by Gasteiger charge is 2.24. The molecule has 2 rings (SSSR count). The average molecular weight is 279 g/mol. The van der Waals surface area contributed by atoms with E-state index in [0.29, 0.717) is 17.1 Å². The number of ketones is 1. The number of nitrogens with zero attached hydrogens (tertiary/aromatic N) is 1. The Bertz CT molecular complexity index is 528. The summed E-state index contributed by atoms with van der Waals surface area (Å²) in [5.41, 5.74) is 0.463. The minimum absolute atomic E-state index is 0.00919. The first kappa shape index (κ1) is 14.3. The first-order valence-electron chi connectivity index (χ1n) is 6.35. The molecule has 1 heterocycles. The summed E-state index contributed by atoms with van der Waals surface area (Å²) >= 11 is 0. The van der Waals surface area contributed by atoms with E-state index in [-0.39, 0.29) is 31.5 Å². The van der Waals surface area contributed by atoms with E-state index in [1.54, 1.807) is 32.2 Å². The normalized spacial score (nSPS) is 13.9. The zero-order chi connectivity index (χ0) is 14.7. The Morgan fingerprint density at radius 3 is 2.75 bits per heavy atom. The fourth-order valence-electron chi connectivity index (χ4n) is 1.95. The predicted molar refractivity (Wildman–Crippen MR) is 70.8 cm³/mol. The van der Waals surface area contributed by atoms with Gasteiger partial charge >= 0.3 is 0 Å². The first-order chi connectivity index (χ1) is 9.54. The molecule has 0 saturated heterocycles. The maximum absolute atomic E-state index is 12.3. The third kappa shape index (κ3) is 2.75. The Morgan fingerprint density at radius 2 is 2.05 bits per heavy atom. The lowest BCUT2D eigenvalue weighted by Gasteiger charge is -2.23. The van der Waals surface area contributed by atoms with E-state index >= 15 is 0 Å². The molecule has 0 saturated carbocycles. The molecule has 1 N–H and O–H groups in total. The van der Waals surface area contributed by atoms with Gasteiger partial charge in [-0.05, 0) is 25.1 Å². The highest BCUT2D eigenvalue weighted by molar-refractivity contribution is 6.02. The number of amides is 1. The summed E-state index contributed by atoms with van der Waals surface area (Å²) in [5.74, 6) is 0.692. The van der Waals surface area contributed by atoms with Gasteiger partial charge in [0.05, 0.1) is 12.6 Å². The molecule has 1 unspecified atom stereocenters. The van der Waals surface area contributed by atoms with Crippen molar-refractivity contribution in [1.29, 1.82) is 0 Å². The SMILES string of the molecule is CC(C(=O)c1ccc2c(c1)OCO2)N(C)C(=O)CCO. The van der Waals surface area contributed by atoms with Gasteiger partial charge in [0.25, 0.3) is 0 Å². The maximum Gasteiger partial charge on any atom is 0.231 e. The highest BCUT2D eigenvalue weighted by Crippen LogP contribution is 2.32. The van der Waals surface area contributed by atoms with Crippen molar-refractivity contribution in [3.63, 3.8) is 0 Å². The van der Waals surface area contributed by atoms with Gasteiger partial charge in [0, 0.05) is 19.0 Å². The molecule has 0 aromatic heterocycles. The van der Waals surface area contributed by atoms with Crippen LogP contribution in [0.1, 0.15) is 23.7 Å². The summed E-state index contributed by atoms with van der Waals surface area (Å²) in [7, 11) is 1.55. The van der Waals surface area contributed by atoms with E-state index in [2.05, 4.69) is 0 Å². The summed E-state index contributed by atoms with van der Waals surface area (Å²) in [6.45, 7) is 1.58. The van der Waals surface area contributed by atoms with Crippen LogP contribution >= 0.6 is 0 Å². The van der Waals surface area contributed by atoms with Crippen molar-refractivity contribution in [2.24, 2.45) is 0 Å². The maximum atomic E-state index is 12.3. The van der Waals surface area contributed by atoms with Crippen molar-refractivity contribution in [3.05, 3.63) is 23.8 Å². The van der Waals surface area contributed by atoms with Crippen LogP contribution in [-0.2, 0) is 4.79 Å². The molecule has 0 radical (unpaired) electrons. The minimum Gasteiger partial charge on any atom is -0.454 e. The molecule has 1 aromatic carbocycles. The number of rotatable bonds is 5. The fourth-order valence-corrected chi connectivity index (χ4v) is 1.95. The molecule has 0 spiro atoms.